The molecule has 0 aliphatic rings. The maximum Gasteiger partial charge on any atom is 0.265 e. The van der Waals surface area contributed by atoms with Crippen LogP contribution in [-0.4, -0.2) is 14.5 Å². The van der Waals surface area contributed by atoms with Gasteiger partial charge >= 0.3 is 0 Å². The van der Waals surface area contributed by atoms with Crippen LogP contribution in [0.4, 0.5) is 5.69 Å². The van der Waals surface area contributed by atoms with Crippen LogP contribution in [0.3, 0.4) is 0 Å². The van der Waals surface area contributed by atoms with Crippen LogP contribution < -0.4 is 16.1 Å². The predicted octanol–water partition coefficient (Wildman–Crippen LogP) is 2.30. The SMILES string of the molecule is Cc1c(C#N)c2nc3ccccc3n2c(=O)/c1=C\Nc1cccc(O)c1. The zero-order valence-corrected chi connectivity index (χ0v) is 13.9. The normalized spacial score (nSPS) is 11.8. The van der Waals surface area contributed by atoms with Crippen LogP contribution in [0.1, 0.15) is 11.1 Å². The second-order valence-corrected chi connectivity index (χ2v) is 5.93. The number of aromatic nitrogens is 2. The summed E-state index contributed by atoms with van der Waals surface area (Å²) >= 11 is 0. The van der Waals surface area contributed by atoms with Crippen molar-refractivity contribution in [2.75, 3.05) is 5.32 Å². The summed E-state index contributed by atoms with van der Waals surface area (Å²) in [6, 6.07) is 16.0. The molecule has 2 N–H and O–H groups in total. The summed E-state index contributed by atoms with van der Waals surface area (Å²) in [6.45, 7) is 1.73. The molecule has 2 aromatic heterocycles. The number of phenols is 1. The Balaban J connectivity index is 2.03. The van der Waals surface area contributed by atoms with E-state index in [1.165, 1.54) is 4.40 Å². The van der Waals surface area contributed by atoms with Crippen molar-refractivity contribution in [1.29, 1.82) is 5.26 Å². The Morgan fingerprint density at radius 1 is 1.23 bits per heavy atom. The molecule has 6 nitrogen and oxygen atoms in total. The summed E-state index contributed by atoms with van der Waals surface area (Å²) in [7, 11) is 0. The minimum Gasteiger partial charge on any atom is -0.508 e. The van der Waals surface area contributed by atoms with Crippen molar-refractivity contribution in [3.8, 4) is 11.8 Å². The first-order valence-corrected chi connectivity index (χ1v) is 8.00. The van der Waals surface area contributed by atoms with Crippen LogP contribution in [0, 0.1) is 18.3 Å². The van der Waals surface area contributed by atoms with Crippen molar-refractivity contribution in [3.63, 3.8) is 0 Å². The van der Waals surface area contributed by atoms with Gasteiger partial charge < -0.3 is 10.4 Å². The highest BCUT2D eigenvalue weighted by atomic mass is 16.3. The molecule has 0 atom stereocenters. The van der Waals surface area contributed by atoms with Gasteiger partial charge in [-0.1, -0.05) is 18.2 Å². The monoisotopic (exact) mass is 342 g/mol. The quantitative estimate of drug-likeness (QED) is 0.583. The smallest absolute Gasteiger partial charge is 0.265 e. The number of benzene rings is 2. The summed E-state index contributed by atoms with van der Waals surface area (Å²) in [6.07, 6.45) is 1.56. The van der Waals surface area contributed by atoms with E-state index in [0.29, 0.717) is 38.7 Å². The van der Waals surface area contributed by atoms with Gasteiger partial charge in [-0.2, -0.15) is 5.26 Å². The summed E-state index contributed by atoms with van der Waals surface area (Å²) in [5, 5.41) is 22.6. The number of nitriles is 1. The van der Waals surface area contributed by atoms with Gasteiger partial charge in [0.1, 0.15) is 11.8 Å². The third kappa shape index (κ3) is 2.34. The van der Waals surface area contributed by atoms with Gasteiger partial charge in [0.05, 0.1) is 21.8 Å². The molecule has 4 rings (SSSR count). The zero-order valence-electron chi connectivity index (χ0n) is 13.9. The first-order valence-electron chi connectivity index (χ1n) is 8.00. The van der Waals surface area contributed by atoms with Crippen molar-refractivity contribution in [2.45, 2.75) is 6.92 Å². The fraction of sp³-hybridized carbons (Fsp3) is 0.0500. The van der Waals surface area contributed by atoms with Crippen molar-refractivity contribution in [3.05, 3.63) is 75.2 Å². The molecule has 4 aromatic rings. The molecule has 0 aliphatic heterocycles. The number of nitrogens with zero attached hydrogens (tertiary/aromatic N) is 3. The van der Waals surface area contributed by atoms with E-state index in [1.54, 1.807) is 43.5 Å². The van der Waals surface area contributed by atoms with Crippen molar-refractivity contribution in [2.24, 2.45) is 0 Å². The van der Waals surface area contributed by atoms with Crippen LogP contribution in [0.25, 0.3) is 22.9 Å². The third-order valence-corrected chi connectivity index (χ3v) is 4.34. The summed E-state index contributed by atoms with van der Waals surface area (Å²) < 4.78 is 1.47. The molecule has 0 bridgehead atoms. The Morgan fingerprint density at radius 2 is 2.04 bits per heavy atom. The van der Waals surface area contributed by atoms with Gasteiger partial charge in [0.15, 0.2) is 5.65 Å². The number of pyridine rings is 1. The van der Waals surface area contributed by atoms with Crippen molar-refractivity contribution < 1.29 is 5.11 Å². The van der Waals surface area contributed by atoms with Gasteiger partial charge in [-0.3, -0.25) is 9.20 Å². The Bertz CT molecular complexity index is 1320. The van der Waals surface area contributed by atoms with Crippen molar-refractivity contribution >= 4 is 28.6 Å². The lowest BCUT2D eigenvalue weighted by molar-refractivity contribution is 0.475. The second kappa shape index (κ2) is 5.90. The molecule has 0 fully saturated rings. The van der Waals surface area contributed by atoms with Gasteiger partial charge in [-0.25, -0.2) is 4.98 Å². The lowest BCUT2D eigenvalue weighted by Gasteiger charge is -2.04. The minimum atomic E-state index is -0.252. The largest absolute Gasteiger partial charge is 0.508 e. The molecule has 26 heavy (non-hydrogen) atoms. The van der Waals surface area contributed by atoms with E-state index in [-0.39, 0.29) is 11.3 Å². The molecule has 2 heterocycles. The Hall–Kier alpha value is -3.85. The number of para-hydroxylation sites is 2. The highest BCUT2D eigenvalue weighted by molar-refractivity contribution is 5.82. The number of aromatic hydroxyl groups is 1. The van der Waals surface area contributed by atoms with Crippen LogP contribution in [-0.2, 0) is 0 Å². The number of nitrogens with one attached hydrogen (secondary N) is 1. The Labute approximate surface area is 148 Å². The van der Waals surface area contributed by atoms with E-state index >= 15 is 0 Å². The standard InChI is InChI=1S/C20H14N4O2/c1-12-15(10-21)19-23-17-7-2-3-8-18(17)24(19)20(26)16(12)11-22-13-5-4-6-14(25)9-13/h2-9,11,22,25H,1H3/b16-11-. The molecule has 0 saturated heterocycles. The number of imidazole rings is 1. The average Bonchev–Trinajstić information content (AvgIpc) is 3.01. The van der Waals surface area contributed by atoms with Crippen LogP contribution >= 0.6 is 0 Å². The molecule has 0 saturated carbocycles. The molecule has 0 radical (unpaired) electrons. The van der Waals surface area contributed by atoms with E-state index in [9.17, 15) is 15.2 Å². The fourth-order valence-corrected chi connectivity index (χ4v) is 3.04. The van der Waals surface area contributed by atoms with Crippen LogP contribution in [0.2, 0.25) is 0 Å². The maximum atomic E-state index is 13.1. The van der Waals surface area contributed by atoms with Gasteiger partial charge in [0.2, 0.25) is 0 Å². The van der Waals surface area contributed by atoms with Gasteiger partial charge in [-0.05, 0) is 36.8 Å². The molecular weight excluding hydrogens is 328 g/mol. The number of rotatable bonds is 2. The molecule has 0 unspecified atom stereocenters. The van der Waals surface area contributed by atoms with E-state index in [1.807, 2.05) is 18.2 Å². The zero-order chi connectivity index (χ0) is 18.3. The van der Waals surface area contributed by atoms with Crippen LogP contribution in [0.5, 0.6) is 5.75 Å². The highest BCUT2D eigenvalue weighted by Gasteiger charge is 2.15. The molecule has 0 spiro atoms. The summed E-state index contributed by atoms with van der Waals surface area (Å²) in [4.78, 5) is 17.5. The first kappa shape index (κ1) is 15.7. The lowest BCUT2D eigenvalue weighted by Crippen LogP contribution is -2.34. The Morgan fingerprint density at radius 3 is 2.81 bits per heavy atom. The van der Waals surface area contributed by atoms with Gasteiger partial charge in [0, 0.05) is 18.0 Å². The number of fused-ring (bicyclic) bond motifs is 3. The maximum absolute atomic E-state index is 13.1. The van der Waals surface area contributed by atoms with E-state index in [0.717, 1.165) is 0 Å². The number of phenolic OH excluding ortho intramolecular Hbond substituents is 1. The topological polar surface area (TPSA) is 90.4 Å². The number of hydrogen-bond acceptors (Lipinski definition) is 5. The fourth-order valence-electron chi connectivity index (χ4n) is 3.04. The Kier molecular flexibility index (Phi) is 3.55. The van der Waals surface area contributed by atoms with Gasteiger partial charge in [0.25, 0.3) is 5.56 Å². The molecular formula is C20H14N4O2. The second-order valence-electron chi connectivity index (χ2n) is 5.93. The highest BCUT2D eigenvalue weighted by Crippen LogP contribution is 2.18. The number of anilines is 1. The molecule has 126 valence electrons. The molecule has 0 amide bonds. The minimum absolute atomic E-state index is 0.122. The van der Waals surface area contributed by atoms with E-state index < -0.39 is 0 Å². The van der Waals surface area contributed by atoms with Gasteiger partial charge in [-0.15, -0.1) is 0 Å². The molecule has 2 aromatic carbocycles. The van der Waals surface area contributed by atoms with E-state index in [4.69, 9.17) is 0 Å². The molecule has 6 heteroatoms. The third-order valence-electron chi connectivity index (χ3n) is 4.34. The number of hydrogen-bond donors (Lipinski definition) is 2. The predicted molar refractivity (Wildman–Crippen MR) is 99.8 cm³/mol. The summed E-state index contributed by atoms with van der Waals surface area (Å²) in [5.41, 5.74) is 3.01. The van der Waals surface area contributed by atoms with Crippen molar-refractivity contribution in [1.82, 2.24) is 9.38 Å². The van der Waals surface area contributed by atoms with E-state index in [2.05, 4.69) is 16.4 Å². The molecule has 0 aliphatic carbocycles. The average molecular weight is 342 g/mol. The summed E-state index contributed by atoms with van der Waals surface area (Å²) in [5.74, 6) is 0.122. The van der Waals surface area contributed by atoms with Crippen LogP contribution in [0.15, 0.2) is 53.3 Å². The lowest BCUT2D eigenvalue weighted by atomic mass is 10.1. The first-order chi connectivity index (χ1) is 12.6.